The number of phenols is 1. The van der Waals surface area contributed by atoms with E-state index in [0.29, 0.717) is 10.0 Å². The van der Waals surface area contributed by atoms with Gasteiger partial charge in [0.1, 0.15) is 5.75 Å². The molecule has 0 unspecified atom stereocenters. The Balaban J connectivity index is 1.89. The van der Waals surface area contributed by atoms with Crippen LogP contribution < -0.4 is 10.6 Å². The summed E-state index contributed by atoms with van der Waals surface area (Å²) in [5, 5.41) is 14.7. The lowest BCUT2D eigenvalue weighted by Crippen LogP contribution is -2.32. The van der Waals surface area contributed by atoms with Gasteiger partial charge in [-0.2, -0.15) is 0 Å². The first-order valence-electron chi connectivity index (χ1n) is 6.18. The minimum Gasteiger partial charge on any atom is -0.506 e. The Kier molecular flexibility index (Phi) is 4.94. The largest absolute Gasteiger partial charge is 0.506 e. The molecule has 0 aliphatic rings. The number of carbonyl (C=O) groups is 2. The summed E-state index contributed by atoms with van der Waals surface area (Å²) in [5.74, 6) is -0.796. The normalized spacial score (nSPS) is 9.95. The molecular weight excluding hydrogens is 336 g/mol. The van der Waals surface area contributed by atoms with Gasteiger partial charge in [-0.25, -0.2) is 0 Å². The van der Waals surface area contributed by atoms with E-state index in [9.17, 15) is 14.7 Å². The van der Waals surface area contributed by atoms with Crippen molar-refractivity contribution in [1.82, 2.24) is 5.32 Å². The van der Waals surface area contributed by atoms with Gasteiger partial charge < -0.3 is 15.7 Å². The third-order valence-corrected chi connectivity index (χ3v) is 3.17. The average molecular weight is 349 g/mol. The Morgan fingerprint density at radius 1 is 1.10 bits per heavy atom. The lowest BCUT2D eigenvalue weighted by Gasteiger charge is -2.08. The number of anilines is 1. The zero-order valence-corrected chi connectivity index (χ0v) is 12.6. The highest BCUT2D eigenvalue weighted by Gasteiger charge is 2.09. The number of phenolic OH excluding ortho intramolecular Hbond substituents is 1. The molecule has 2 aromatic carbocycles. The molecule has 108 valence electrons. The van der Waals surface area contributed by atoms with E-state index in [-0.39, 0.29) is 23.9 Å². The van der Waals surface area contributed by atoms with Crippen LogP contribution in [0, 0.1) is 0 Å². The zero-order valence-electron chi connectivity index (χ0n) is 11.0. The fraction of sp³-hybridized carbons (Fsp3) is 0.0667. The number of hydrogen-bond acceptors (Lipinski definition) is 3. The Hall–Kier alpha value is -2.34. The van der Waals surface area contributed by atoms with Gasteiger partial charge in [0, 0.05) is 10.0 Å². The van der Waals surface area contributed by atoms with Gasteiger partial charge in [0.05, 0.1) is 12.2 Å². The van der Waals surface area contributed by atoms with Crippen molar-refractivity contribution in [2.75, 3.05) is 11.9 Å². The third-order valence-electron chi connectivity index (χ3n) is 2.68. The molecule has 0 bridgehead atoms. The number of carbonyl (C=O) groups excluding carboxylic acids is 2. The van der Waals surface area contributed by atoms with E-state index in [1.54, 1.807) is 42.5 Å². The van der Waals surface area contributed by atoms with Gasteiger partial charge in [0.2, 0.25) is 5.91 Å². The molecular formula is C15H13BrN2O3. The van der Waals surface area contributed by atoms with Crippen LogP contribution in [0.3, 0.4) is 0 Å². The van der Waals surface area contributed by atoms with Crippen LogP contribution in [0.15, 0.2) is 53.0 Å². The lowest BCUT2D eigenvalue weighted by molar-refractivity contribution is -0.115. The monoisotopic (exact) mass is 348 g/mol. The van der Waals surface area contributed by atoms with Gasteiger partial charge in [-0.15, -0.1) is 0 Å². The first-order valence-corrected chi connectivity index (χ1v) is 6.97. The van der Waals surface area contributed by atoms with Crippen LogP contribution in [0.5, 0.6) is 5.75 Å². The van der Waals surface area contributed by atoms with E-state index in [1.807, 2.05) is 0 Å². The molecule has 0 fully saturated rings. The summed E-state index contributed by atoms with van der Waals surface area (Å²) in [7, 11) is 0. The second kappa shape index (κ2) is 6.90. The SMILES string of the molecule is O=C(CNC(=O)c1ccccc1)Nc1ccc(Br)cc1O. The fourth-order valence-electron chi connectivity index (χ4n) is 1.66. The maximum absolute atomic E-state index is 11.8. The van der Waals surface area contributed by atoms with Gasteiger partial charge in [0.25, 0.3) is 5.91 Å². The molecule has 0 heterocycles. The first-order chi connectivity index (χ1) is 10.1. The molecule has 0 saturated carbocycles. The van der Waals surface area contributed by atoms with Gasteiger partial charge in [-0.05, 0) is 30.3 Å². The molecule has 3 N–H and O–H groups in total. The number of rotatable bonds is 4. The van der Waals surface area contributed by atoms with Crippen LogP contribution in [0.1, 0.15) is 10.4 Å². The number of amides is 2. The first kappa shape index (κ1) is 15.1. The molecule has 2 aromatic rings. The van der Waals surface area contributed by atoms with Gasteiger partial charge in [-0.1, -0.05) is 34.1 Å². The van der Waals surface area contributed by atoms with E-state index in [1.165, 1.54) is 6.07 Å². The summed E-state index contributed by atoms with van der Waals surface area (Å²) in [4.78, 5) is 23.5. The van der Waals surface area contributed by atoms with Crippen molar-refractivity contribution in [3.05, 3.63) is 58.6 Å². The summed E-state index contributed by atoms with van der Waals surface area (Å²) < 4.78 is 0.704. The summed E-state index contributed by atoms with van der Waals surface area (Å²) in [5.41, 5.74) is 0.772. The molecule has 0 spiro atoms. The van der Waals surface area contributed by atoms with E-state index in [2.05, 4.69) is 26.6 Å². The Bertz CT molecular complexity index is 659. The summed E-state index contributed by atoms with van der Waals surface area (Å²) in [6, 6.07) is 13.3. The maximum Gasteiger partial charge on any atom is 0.251 e. The van der Waals surface area contributed by atoms with Gasteiger partial charge in [0.15, 0.2) is 0 Å². The lowest BCUT2D eigenvalue weighted by atomic mass is 10.2. The van der Waals surface area contributed by atoms with Crippen LogP contribution in [0.2, 0.25) is 0 Å². The highest BCUT2D eigenvalue weighted by Crippen LogP contribution is 2.26. The molecule has 0 atom stereocenters. The molecule has 0 aliphatic heterocycles. The summed E-state index contributed by atoms with van der Waals surface area (Å²) in [6.45, 7) is -0.177. The van der Waals surface area contributed by atoms with E-state index in [0.717, 1.165) is 0 Å². The molecule has 2 amide bonds. The second-order valence-corrected chi connectivity index (χ2v) is 5.17. The fourth-order valence-corrected chi connectivity index (χ4v) is 2.01. The van der Waals surface area contributed by atoms with Crippen LogP contribution in [0.4, 0.5) is 5.69 Å². The summed E-state index contributed by atoms with van der Waals surface area (Å²) in [6.07, 6.45) is 0. The summed E-state index contributed by atoms with van der Waals surface area (Å²) >= 11 is 3.21. The molecule has 0 radical (unpaired) electrons. The molecule has 21 heavy (non-hydrogen) atoms. The molecule has 2 rings (SSSR count). The van der Waals surface area contributed by atoms with Crippen molar-refractivity contribution in [2.24, 2.45) is 0 Å². The number of nitrogens with one attached hydrogen (secondary N) is 2. The topological polar surface area (TPSA) is 78.4 Å². The number of aromatic hydroxyl groups is 1. The quantitative estimate of drug-likeness (QED) is 0.743. The smallest absolute Gasteiger partial charge is 0.251 e. The molecule has 0 aromatic heterocycles. The molecule has 5 nitrogen and oxygen atoms in total. The molecule has 0 aliphatic carbocycles. The number of benzene rings is 2. The average Bonchev–Trinajstić information content (AvgIpc) is 2.48. The van der Waals surface area contributed by atoms with Crippen LogP contribution in [0.25, 0.3) is 0 Å². The van der Waals surface area contributed by atoms with E-state index >= 15 is 0 Å². The van der Waals surface area contributed by atoms with Crippen molar-refractivity contribution in [3.63, 3.8) is 0 Å². The van der Waals surface area contributed by atoms with Crippen LogP contribution >= 0.6 is 15.9 Å². The van der Waals surface area contributed by atoms with Crippen molar-refractivity contribution in [2.45, 2.75) is 0 Å². The van der Waals surface area contributed by atoms with Crippen molar-refractivity contribution in [1.29, 1.82) is 0 Å². The van der Waals surface area contributed by atoms with E-state index in [4.69, 9.17) is 0 Å². The predicted molar refractivity (Wildman–Crippen MR) is 83.2 cm³/mol. The number of hydrogen-bond donors (Lipinski definition) is 3. The van der Waals surface area contributed by atoms with Crippen LogP contribution in [-0.2, 0) is 4.79 Å². The minimum absolute atomic E-state index is 0.0490. The molecule has 6 heteroatoms. The van der Waals surface area contributed by atoms with Crippen LogP contribution in [-0.4, -0.2) is 23.5 Å². The minimum atomic E-state index is -0.420. The van der Waals surface area contributed by atoms with Crippen molar-refractivity contribution < 1.29 is 14.7 Å². The Morgan fingerprint density at radius 2 is 1.81 bits per heavy atom. The van der Waals surface area contributed by atoms with Crippen molar-refractivity contribution >= 4 is 33.4 Å². The standard InChI is InChI=1S/C15H13BrN2O3/c16-11-6-7-12(13(19)8-11)18-14(20)9-17-15(21)10-4-2-1-3-5-10/h1-8,19H,9H2,(H,17,21)(H,18,20). The number of halogens is 1. The van der Waals surface area contributed by atoms with E-state index < -0.39 is 5.91 Å². The predicted octanol–water partition coefficient (Wildman–Crippen LogP) is 2.52. The highest BCUT2D eigenvalue weighted by atomic mass is 79.9. The third kappa shape index (κ3) is 4.32. The van der Waals surface area contributed by atoms with Crippen molar-refractivity contribution in [3.8, 4) is 5.75 Å². The maximum atomic E-state index is 11.8. The molecule has 0 saturated heterocycles. The second-order valence-electron chi connectivity index (χ2n) is 4.26. The Morgan fingerprint density at radius 3 is 2.48 bits per heavy atom. The highest BCUT2D eigenvalue weighted by molar-refractivity contribution is 9.10. The zero-order chi connectivity index (χ0) is 15.2. The Labute approximate surface area is 130 Å². The van der Waals surface area contributed by atoms with Gasteiger partial charge in [-0.3, -0.25) is 9.59 Å². The van der Waals surface area contributed by atoms with Gasteiger partial charge >= 0.3 is 0 Å².